The van der Waals surface area contributed by atoms with E-state index in [1.54, 1.807) is 18.2 Å². The van der Waals surface area contributed by atoms with E-state index in [-0.39, 0.29) is 17.5 Å². The van der Waals surface area contributed by atoms with Crippen LogP contribution in [-0.4, -0.2) is 52.0 Å². The standard InChI is InChI=1S/C27H27N9O2/c1-15-3-2-4-16-11-18(34-26(21(15)16)36-7-9-37-10-8-36)13-31-25-22(24(29)32-14-33-25)23(28)17-5-6-20-19(12-17)35-27(30)38-20/h2-6,11-12,14,28H,7-10,13H2,1H3,(H2,30,35)(H3,29,31,32,33). The maximum atomic E-state index is 8.89. The number of rotatable bonds is 6. The van der Waals surface area contributed by atoms with Crippen molar-refractivity contribution in [2.45, 2.75) is 13.5 Å². The van der Waals surface area contributed by atoms with E-state index in [2.05, 4.69) is 56.4 Å². The van der Waals surface area contributed by atoms with E-state index in [4.69, 9.17) is 31.0 Å². The minimum Gasteiger partial charge on any atom is -0.424 e. The lowest BCUT2D eigenvalue weighted by atomic mass is 10.0. The molecule has 0 radical (unpaired) electrons. The van der Waals surface area contributed by atoms with E-state index in [0.29, 0.717) is 47.8 Å². The zero-order valence-electron chi connectivity index (χ0n) is 20.9. The first-order valence-electron chi connectivity index (χ1n) is 12.3. The summed E-state index contributed by atoms with van der Waals surface area (Å²) in [6, 6.07) is 13.6. The Kier molecular flexibility index (Phi) is 5.97. The van der Waals surface area contributed by atoms with Gasteiger partial charge >= 0.3 is 0 Å². The Bertz CT molecular complexity index is 1670. The van der Waals surface area contributed by atoms with Gasteiger partial charge in [-0.1, -0.05) is 18.2 Å². The van der Waals surface area contributed by atoms with Crippen molar-refractivity contribution in [3.05, 3.63) is 71.2 Å². The van der Waals surface area contributed by atoms with Crippen LogP contribution in [0.4, 0.5) is 23.5 Å². The summed E-state index contributed by atoms with van der Waals surface area (Å²) in [5, 5.41) is 14.5. The first-order chi connectivity index (χ1) is 18.5. The Hall–Kier alpha value is -4.77. The molecule has 0 amide bonds. The smallest absolute Gasteiger partial charge is 0.292 e. The molecule has 192 valence electrons. The van der Waals surface area contributed by atoms with Gasteiger partial charge in [-0.15, -0.1) is 0 Å². The van der Waals surface area contributed by atoms with Crippen LogP contribution in [0.15, 0.2) is 53.2 Å². The number of benzene rings is 2. The third kappa shape index (κ3) is 4.33. The van der Waals surface area contributed by atoms with E-state index in [0.717, 1.165) is 35.4 Å². The Balaban J connectivity index is 1.33. The lowest BCUT2D eigenvalue weighted by molar-refractivity contribution is 0.122. The molecule has 0 aliphatic carbocycles. The predicted octanol–water partition coefficient (Wildman–Crippen LogP) is 3.50. The molecule has 2 aromatic carbocycles. The summed E-state index contributed by atoms with van der Waals surface area (Å²) < 4.78 is 10.9. The molecule has 11 heteroatoms. The van der Waals surface area contributed by atoms with Crippen LogP contribution in [0.2, 0.25) is 0 Å². The lowest BCUT2D eigenvalue weighted by Gasteiger charge is -2.29. The number of hydrogen-bond acceptors (Lipinski definition) is 11. The van der Waals surface area contributed by atoms with Crippen LogP contribution in [0.1, 0.15) is 22.4 Å². The SMILES string of the molecule is Cc1cccc2cc(CNc3ncnc(N)c3C(=N)c3ccc4oc(N)nc4c3)nc(N3CCOCC3)c12. The van der Waals surface area contributed by atoms with Crippen molar-refractivity contribution in [3.63, 3.8) is 0 Å². The molecular weight excluding hydrogens is 482 g/mol. The zero-order chi connectivity index (χ0) is 26.2. The third-order valence-electron chi connectivity index (χ3n) is 6.67. The Morgan fingerprint density at radius 1 is 1.08 bits per heavy atom. The molecule has 5 aromatic rings. The van der Waals surface area contributed by atoms with Gasteiger partial charge in [0, 0.05) is 24.0 Å². The second-order valence-electron chi connectivity index (χ2n) is 9.16. The third-order valence-corrected chi connectivity index (χ3v) is 6.67. The van der Waals surface area contributed by atoms with Crippen molar-refractivity contribution in [1.29, 1.82) is 5.41 Å². The summed E-state index contributed by atoms with van der Waals surface area (Å²) in [6.45, 7) is 5.43. The average Bonchev–Trinajstić information content (AvgIpc) is 3.31. The number of oxazole rings is 1. The van der Waals surface area contributed by atoms with Crippen molar-refractivity contribution in [1.82, 2.24) is 19.9 Å². The van der Waals surface area contributed by atoms with Gasteiger partial charge in [-0.2, -0.15) is 4.98 Å². The Morgan fingerprint density at radius 2 is 1.92 bits per heavy atom. The van der Waals surface area contributed by atoms with E-state index in [1.807, 2.05) is 0 Å². The highest BCUT2D eigenvalue weighted by molar-refractivity contribution is 6.17. The van der Waals surface area contributed by atoms with Crippen LogP contribution < -0.4 is 21.7 Å². The molecule has 11 nitrogen and oxygen atoms in total. The fraction of sp³-hybridized carbons (Fsp3) is 0.222. The Labute approximate surface area is 218 Å². The van der Waals surface area contributed by atoms with Gasteiger partial charge in [0.15, 0.2) is 5.58 Å². The van der Waals surface area contributed by atoms with Crippen LogP contribution in [0, 0.1) is 12.3 Å². The number of fused-ring (bicyclic) bond motifs is 2. The highest BCUT2D eigenvalue weighted by atomic mass is 16.5. The molecule has 0 bridgehead atoms. The summed E-state index contributed by atoms with van der Waals surface area (Å²) in [7, 11) is 0. The lowest BCUT2D eigenvalue weighted by Crippen LogP contribution is -2.37. The monoisotopic (exact) mass is 509 g/mol. The van der Waals surface area contributed by atoms with E-state index >= 15 is 0 Å². The fourth-order valence-electron chi connectivity index (χ4n) is 4.81. The van der Waals surface area contributed by atoms with Gasteiger partial charge in [-0.25, -0.2) is 15.0 Å². The number of aromatic nitrogens is 4. The van der Waals surface area contributed by atoms with Gasteiger partial charge in [-0.3, -0.25) is 5.41 Å². The molecule has 0 unspecified atom stereocenters. The van der Waals surface area contributed by atoms with Crippen molar-refractivity contribution in [3.8, 4) is 0 Å². The molecule has 4 heterocycles. The summed E-state index contributed by atoms with van der Waals surface area (Å²) in [4.78, 5) is 20.0. The number of nitrogens with two attached hydrogens (primary N) is 2. The average molecular weight is 510 g/mol. The quantitative estimate of drug-likeness (QED) is 0.249. The number of pyridine rings is 1. The molecular formula is C27H27N9O2. The van der Waals surface area contributed by atoms with Crippen molar-refractivity contribution < 1.29 is 9.15 Å². The van der Waals surface area contributed by atoms with E-state index in [1.165, 1.54) is 11.9 Å². The number of nitrogen functional groups attached to an aromatic ring is 2. The first kappa shape index (κ1) is 23.6. The second kappa shape index (κ2) is 9.60. The molecule has 38 heavy (non-hydrogen) atoms. The Morgan fingerprint density at radius 3 is 2.76 bits per heavy atom. The van der Waals surface area contributed by atoms with Crippen molar-refractivity contribution in [2.75, 3.05) is 48.0 Å². The van der Waals surface area contributed by atoms with Crippen LogP contribution in [0.25, 0.3) is 21.9 Å². The molecule has 1 fully saturated rings. The molecule has 0 saturated carbocycles. The molecule has 6 rings (SSSR count). The molecule has 0 atom stereocenters. The molecule has 1 aliphatic heterocycles. The van der Waals surface area contributed by atoms with E-state index in [9.17, 15) is 0 Å². The van der Waals surface area contributed by atoms with Crippen molar-refractivity contribution >= 4 is 51.1 Å². The molecule has 1 aliphatic rings. The summed E-state index contributed by atoms with van der Waals surface area (Å²) >= 11 is 0. The molecule has 1 saturated heterocycles. The van der Waals surface area contributed by atoms with Gasteiger partial charge in [0.1, 0.15) is 29.3 Å². The highest BCUT2D eigenvalue weighted by Crippen LogP contribution is 2.30. The number of aryl methyl sites for hydroxylation is 1. The van der Waals surface area contributed by atoms with Gasteiger partial charge < -0.3 is 30.8 Å². The summed E-state index contributed by atoms with van der Waals surface area (Å²) in [5.74, 6) is 1.60. The zero-order valence-corrected chi connectivity index (χ0v) is 20.9. The minimum absolute atomic E-state index is 0.0723. The maximum Gasteiger partial charge on any atom is 0.292 e. The van der Waals surface area contributed by atoms with Gasteiger partial charge in [0.25, 0.3) is 6.01 Å². The van der Waals surface area contributed by atoms with Crippen molar-refractivity contribution in [2.24, 2.45) is 0 Å². The number of anilines is 4. The summed E-state index contributed by atoms with van der Waals surface area (Å²) in [6.07, 6.45) is 1.38. The normalized spacial score (nSPS) is 13.8. The van der Waals surface area contributed by atoms with Crippen LogP contribution >= 0.6 is 0 Å². The molecule has 3 aromatic heterocycles. The number of nitrogens with zero attached hydrogens (tertiary/aromatic N) is 5. The second-order valence-corrected chi connectivity index (χ2v) is 9.16. The van der Waals surface area contributed by atoms with Crippen LogP contribution in [-0.2, 0) is 11.3 Å². The van der Waals surface area contributed by atoms with Crippen LogP contribution in [0.3, 0.4) is 0 Å². The van der Waals surface area contributed by atoms with Gasteiger partial charge in [0.2, 0.25) is 0 Å². The molecule has 0 spiro atoms. The predicted molar refractivity (Wildman–Crippen MR) is 148 cm³/mol. The minimum atomic E-state index is 0.0723. The van der Waals surface area contributed by atoms with Gasteiger partial charge in [-0.05, 0) is 42.1 Å². The van der Waals surface area contributed by atoms with Crippen LogP contribution in [0.5, 0.6) is 0 Å². The van der Waals surface area contributed by atoms with Gasteiger partial charge in [0.05, 0.1) is 36.7 Å². The number of hydrogen-bond donors (Lipinski definition) is 4. The summed E-state index contributed by atoms with van der Waals surface area (Å²) in [5.41, 5.74) is 16.2. The van der Waals surface area contributed by atoms with E-state index < -0.39 is 0 Å². The number of ether oxygens (including phenoxy) is 1. The molecule has 6 N–H and O–H groups in total. The first-order valence-corrected chi connectivity index (χ1v) is 12.3. The largest absolute Gasteiger partial charge is 0.424 e. The topological polar surface area (TPSA) is 165 Å². The maximum absolute atomic E-state index is 8.89. The number of nitrogens with one attached hydrogen (secondary N) is 2. The number of morpholine rings is 1. The fourth-order valence-corrected chi connectivity index (χ4v) is 4.81. The highest BCUT2D eigenvalue weighted by Gasteiger charge is 2.20.